The summed E-state index contributed by atoms with van der Waals surface area (Å²) >= 11 is 0. The van der Waals surface area contributed by atoms with Gasteiger partial charge in [0, 0.05) is 11.9 Å². The molecule has 0 bridgehead atoms. The highest BCUT2D eigenvalue weighted by atomic mass is 15.5. The second-order valence-electron chi connectivity index (χ2n) is 6.82. The summed E-state index contributed by atoms with van der Waals surface area (Å²) in [4.78, 5) is 0. The van der Waals surface area contributed by atoms with E-state index in [0.29, 0.717) is 13.1 Å². The zero-order chi connectivity index (χ0) is 18.6. The third kappa shape index (κ3) is 3.95. The minimum absolute atomic E-state index is 0.201. The van der Waals surface area contributed by atoms with Gasteiger partial charge in [0.15, 0.2) is 0 Å². The zero-order valence-corrected chi connectivity index (χ0v) is 15.5. The molecule has 0 saturated carbocycles. The van der Waals surface area contributed by atoms with Crippen LogP contribution in [0.15, 0.2) is 66.9 Å². The summed E-state index contributed by atoms with van der Waals surface area (Å²) in [5, 5.41) is 13.3. The van der Waals surface area contributed by atoms with Crippen LogP contribution in [-0.2, 0) is 13.1 Å². The van der Waals surface area contributed by atoms with Crippen molar-refractivity contribution < 1.29 is 4.68 Å². The van der Waals surface area contributed by atoms with Gasteiger partial charge >= 0.3 is 0 Å². The lowest BCUT2D eigenvalue weighted by molar-refractivity contribution is -0.751. The monoisotopic (exact) mass is 358 g/mol. The standard InChI is InChI=1S/C21H22N6/c1-17(2)27-21(16-26(24-27)14-19-11-7-4-8-12-19)20-15-25(23-22-20)13-18-9-5-3-6-10-18/h3-12,15,17H,13-14H2,1-2H3. The first kappa shape index (κ1) is 17.1. The van der Waals surface area contributed by atoms with E-state index in [1.165, 1.54) is 11.1 Å². The van der Waals surface area contributed by atoms with Gasteiger partial charge in [-0.1, -0.05) is 65.9 Å². The number of rotatable bonds is 6. The summed E-state index contributed by atoms with van der Waals surface area (Å²) in [7, 11) is 0. The molecule has 4 aromatic rings. The lowest BCUT2D eigenvalue weighted by Crippen LogP contribution is -2.37. The number of nitrogens with zero attached hydrogens (tertiary/aromatic N) is 6. The fraction of sp³-hybridized carbons (Fsp3) is 0.238. The van der Waals surface area contributed by atoms with Crippen molar-refractivity contribution in [1.82, 2.24) is 24.9 Å². The van der Waals surface area contributed by atoms with E-state index in [4.69, 9.17) is 0 Å². The minimum atomic E-state index is 0.201. The number of hydrogen-bond acceptors (Lipinski definition) is 3. The maximum Gasteiger partial charge on any atom is 0.118 e. The topological polar surface area (TPSA) is 52.4 Å². The number of benzene rings is 2. The molecule has 0 aliphatic heterocycles. The van der Waals surface area contributed by atoms with Crippen LogP contribution in [0.25, 0.3) is 11.4 Å². The van der Waals surface area contributed by atoms with E-state index in [2.05, 4.69) is 59.8 Å². The second-order valence-corrected chi connectivity index (χ2v) is 6.82. The molecule has 0 aliphatic carbocycles. The van der Waals surface area contributed by atoms with Crippen LogP contribution in [0.5, 0.6) is 0 Å². The predicted octanol–water partition coefficient (Wildman–Crippen LogP) is 2.91. The molecule has 2 heterocycles. The van der Waals surface area contributed by atoms with Crippen molar-refractivity contribution in [2.45, 2.75) is 33.0 Å². The van der Waals surface area contributed by atoms with Gasteiger partial charge in [-0.2, -0.15) is 4.68 Å². The SMILES string of the molecule is CC(C)n1n[n+](Cc2ccccc2)[c-]c1-c1cn(Cc2ccccc2)nn1. The van der Waals surface area contributed by atoms with Crippen molar-refractivity contribution in [3.63, 3.8) is 0 Å². The molecule has 0 amide bonds. The molecule has 0 N–H and O–H groups in total. The van der Waals surface area contributed by atoms with Crippen LogP contribution >= 0.6 is 0 Å². The van der Waals surface area contributed by atoms with Gasteiger partial charge in [0.05, 0.1) is 17.5 Å². The van der Waals surface area contributed by atoms with Gasteiger partial charge in [-0.25, -0.2) is 9.78 Å². The number of aromatic nitrogens is 6. The van der Waals surface area contributed by atoms with Crippen LogP contribution in [-0.4, -0.2) is 24.9 Å². The molecule has 6 nitrogen and oxygen atoms in total. The highest BCUT2D eigenvalue weighted by Gasteiger charge is 2.15. The summed E-state index contributed by atoms with van der Waals surface area (Å²) in [6.45, 7) is 5.57. The molecule has 4 rings (SSSR count). The summed E-state index contributed by atoms with van der Waals surface area (Å²) in [6.07, 6.45) is 5.31. The molecule has 0 saturated heterocycles. The Morgan fingerprint density at radius 3 is 2.30 bits per heavy atom. The molecular formula is C21H22N6. The van der Waals surface area contributed by atoms with Gasteiger partial charge in [-0.3, -0.25) is 4.68 Å². The third-order valence-corrected chi connectivity index (χ3v) is 4.30. The Labute approximate surface area is 158 Å². The van der Waals surface area contributed by atoms with E-state index in [9.17, 15) is 0 Å². The van der Waals surface area contributed by atoms with Gasteiger partial charge in [-0.15, -0.1) is 0 Å². The van der Waals surface area contributed by atoms with Crippen molar-refractivity contribution in [3.8, 4) is 11.4 Å². The van der Waals surface area contributed by atoms with Gasteiger partial charge in [0.25, 0.3) is 0 Å². The van der Waals surface area contributed by atoms with Crippen molar-refractivity contribution in [3.05, 3.63) is 84.2 Å². The summed E-state index contributed by atoms with van der Waals surface area (Å²) in [5.41, 5.74) is 4.00. The summed E-state index contributed by atoms with van der Waals surface area (Å²) < 4.78 is 5.62. The zero-order valence-electron chi connectivity index (χ0n) is 15.5. The van der Waals surface area contributed by atoms with E-state index in [0.717, 1.165) is 11.4 Å². The molecule has 0 spiro atoms. The minimum Gasteiger partial charge on any atom is -0.267 e. The fourth-order valence-corrected chi connectivity index (χ4v) is 2.98. The summed E-state index contributed by atoms with van der Waals surface area (Å²) in [6, 6.07) is 20.7. The fourth-order valence-electron chi connectivity index (χ4n) is 2.98. The molecule has 27 heavy (non-hydrogen) atoms. The van der Waals surface area contributed by atoms with Crippen molar-refractivity contribution in [2.75, 3.05) is 0 Å². The maximum absolute atomic E-state index is 4.68. The Bertz CT molecular complexity index is 1000. The molecule has 0 atom stereocenters. The first-order valence-corrected chi connectivity index (χ1v) is 9.09. The number of hydrogen-bond donors (Lipinski definition) is 0. The normalized spacial score (nSPS) is 11.2. The quantitative estimate of drug-likeness (QED) is 0.393. The molecule has 2 aromatic heterocycles. The van der Waals surface area contributed by atoms with E-state index < -0.39 is 0 Å². The van der Waals surface area contributed by atoms with E-state index >= 15 is 0 Å². The molecule has 0 unspecified atom stereocenters. The predicted molar refractivity (Wildman–Crippen MR) is 102 cm³/mol. The Morgan fingerprint density at radius 1 is 0.963 bits per heavy atom. The Morgan fingerprint density at radius 2 is 1.63 bits per heavy atom. The van der Waals surface area contributed by atoms with Crippen LogP contribution in [0.4, 0.5) is 0 Å². The van der Waals surface area contributed by atoms with Crippen molar-refractivity contribution in [2.24, 2.45) is 0 Å². The highest BCUT2D eigenvalue weighted by molar-refractivity contribution is 5.49. The molecule has 6 heteroatoms. The van der Waals surface area contributed by atoms with Gasteiger partial charge in [0.1, 0.15) is 12.6 Å². The molecule has 0 radical (unpaired) electrons. The third-order valence-electron chi connectivity index (χ3n) is 4.30. The lowest BCUT2D eigenvalue weighted by Gasteiger charge is -2.05. The van der Waals surface area contributed by atoms with Crippen molar-refractivity contribution >= 4 is 0 Å². The Kier molecular flexibility index (Phi) is 4.78. The smallest absolute Gasteiger partial charge is 0.118 e. The van der Waals surface area contributed by atoms with E-state index in [1.54, 1.807) is 0 Å². The molecular weight excluding hydrogens is 336 g/mol. The Hall–Kier alpha value is -3.28. The largest absolute Gasteiger partial charge is 0.267 e. The van der Waals surface area contributed by atoms with Crippen LogP contribution in [0, 0.1) is 6.20 Å². The molecule has 0 aliphatic rings. The van der Waals surface area contributed by atoms with Gasteiger partial charge in [-0.05, 0) is 31.2 Å². The first-order chi connectivity index (χ1) is 13.2. The lowest BCUT2D eigenvalue weighted by atomic mass is 10.2. The van der Waals surface area contributed by atoms with Crippen LogP contribution in [0.3, 0.4) is 0 Å². The van der Waals surface area contributed by atoms with E-state index in [1.807, 2.05) is 56.6 Å². The van der Waals surface area contributed by atoms with E-state index in [-0.39, 0.29) is 6.04 Å². The molecule has 2 aromatic carbocycles. The average molecular weight is 358 g/mol. The summed E-state index contributed by atoms with van der Waals surface area (Å²) in [5.74, 6) is 0. The van der Waals surface area contributed by atoms with Gasteiger partial charge < -0.3 is 0 Å². The highest BCUT2D eigenvalue weighted by Crippen LogP contribution is 2.18. The average Bonchev–Trinajstić information content (AvgIpc) is 3.30. The Balaban J connectivity index is 1.61. The van der Waals surface area contributed by atoms with Crippen LogP contribution in [0.1, 0.15) is 31.0 Å². The van der Waals surface area contributed by atoms with Crippen LogP contribution in [0.2, 0.25) is 0 Å². The van der Waals surface area contributed by atoms with Crippen LogP contribution < -0.4 is 4.68 Å². The molecule has 0 fully saturated rings. The first-order valence-electron chi connectivity index (χ1n) is 9.09. The van der Waals surface area contributed by atoms with Crippen molar-refractivity contribution in [1.29, 1.82) is 0 Å². The maximum atomic E-state index is 4.68. The molecule has 136 valence electrons. The second kappa shape index (κ2) is 7.53. The van der Waals surface area contributed by atoms with Gasteiger partial charge in [0.2, 0.25) is 0 Å².